The molecule has 0 saturated carbocycles. The monoisotopic (exact) mass is 315 g/mol. The van der Waals surface area contributed by atoms with Crippen molar-refractivity contribution in [3.63, 3.8) is 0 Å². The van der Waals surface area contributed by atoms with Gasteiger partial charge in [0.1, 0.15) is 5.82 Å². The minimum atomic E-state index is 0.357. The molecule has 23 heavy (non-hydrogen) atoms. The van der Waals surface area contributed by atoms with E-state index in [2.05, 4.69) is 85.7 Å². The largest absolute Gasteiger partial charge is 0.363 e. The molecule has 0 aliphatic carbocycles. The molecule has 0 radical (unpaired) electrons. The van der Waals surface area contributed by atoms with Gasteiger partial charge < -0.3 is 15.1 Å². The summed E-state index contributed by atoms with van der Waals surface area (Å²) in [6.45, 7) is 3.80. The summed E-state index contributed by atoms with van der Waals surface area (Å²) in [5.74, 6) is 1.16. The minimum absolute atomic E-state index is 0.357. The lowest BCUT2D eigenvalue weighted by Crippen LogP contribution is -2.31. The summed E-state index contributed by atoms with van der Waals surface area (Å²) < 4.78 is 1.95. The van der Waals surface area contributed by atoms with Gasteiger partial charge >= 0.3 is 0 Å². The van der Waals surface area contributed by atoms with Crippen LogP contribution in [0.3, 0.4) is 0 Å². The summed E-state index contributed by atoms with van der Waals surface area (Å²) in [5, 5.41) is 8.16. The first-order chi connectivity index (χ1) is 10.9. The van der Waals surface area contributed by atoms with Crippen molar-refractivity contribution in [2.45, 2.75) is 19.5 Å². The SMILES string of the molecule is Cc1nn(C)c(N(C)C)c1CNCC(c1ccccc1)N(C)C. The molecule has 5 nitrogen and oxygen atoms in total. The van der Waals surface area contributed by atoms with E-state index in [0.29, 0.717) is 6.04 Å². The molecular formula is C18H29N5. The normalized spacial score (nSPS) is 12.7. The Balaban J connectivity index is 2.06. The van der Waals surface area contributed by atoms with Crippen molar-refractivity contribution >= 4 is 5.82 Å². The molecule has 1 unspecified atom stereocenters. The van der Waals surface area contributed by atoms with E-state index in [1.165, 1.54) is 11.1 Å². The van der Waals surface area contributed by atoms with E-state index in [4.69, 9.17) is 0 Å². The molecule has 0 spiro atoms. The van der Waals surface area contributed by atoms with Gasteiger partial charge in [-0.1, -0.05) is 30.3 Å². The highest BCUT2D eigenvalue weighted by atomic mass is 15.4. The summed E-state index contributed by atoms with van der Waals surface area (Å²) in [6, 6.07) is 11.0. The molecule has 0 fully saturated rings. The van der Waals surface area contributed by atoms with Crippen LogP contribution in [-0.2, 0) is 13.6 Å². The van der Waals surface area contributed by atoms with E-state index in [9.17, 15) is 0 Å². The quantitative estimate of drug-likeness (QED) is 0.850. The summed E-state index contributed by atoms with van der Waals surface area (Å²) in [5.41, 5.74) is 3.69. The van der Waals surface area contributed by atoms with Crippen LogP contribution in [-0.4, -0.2) is 49.4 Å². The topological polar surface area (TPSA) is 36.3 Å². The molecule has 1 aromatic heterocycles. The lowest BCUT2D eigenvalue weighted by atomic mass is 10.1. The number of likely N-dealkylation sites (N-methyl/N-ethyl adjacent to an activating group) is 1. The maximum atomic E-state index is 4.55. The number of rotatable bonds is 7. The lowest BCUT2D eigenvalue weighted by molar-refractivity contribution is 0.288. The summed E-state index contributed by atoms with van der Waals surface area (Å²) in [6.07, 6.45) is 0. The number of hydrogen-bond acceptors (Lipinski definition) is 4. The molecule has 0 bridgehead atoms. The van der Waals surface area contributed by atoms with Gasteiger partial charge in [0.2, 0.25) is 0 Å². The van der Waals surface area contributed by atoms with Crippen molar-refractivity contribution in [2.24, 2.45) is 7.05 Å². The van der Waals surface area contributed by atoms with Crippen LogP contribution in [0.5, 0.6) is 0 Å². The van der Waals surface area contributed by atoms with Gasteiger partial charge in [-0.25, -0.2) is 0 Å². The fourth-order valence-electron chi connectivity index (χ4n) is 3.06. The molecule has 5 heteroatoms. The lowest BCUT2D eigenvalue weighted by Gasteiger charge is -2.25. The van der Waals surface area contributed by atoms with Crippen molar-refractivity contribution in [2.75, 3.05) is 39.6 Å². The Hall–Kier alpha value is -1.85. The number of anilines is 1. The molecule has 1 atom stereocenters. The Morgan fingerprint density at radius 3 is 2.35 bits per heavy atom. The third kappa shape index (κ3) is 4.12. The average Bonchev–Trinajstić information content (AvgIpc) is 2.78. The molecule has 1 aromatic carbocycles. The fraction of sp³-hybridized carbons (Fsp3) is 0.500. The smallest absolute Gasteiger partial charge is 0.130 e. The third-order valence-electron chi connectivity index (χ3n) is 4.18. The summed E-state index contributed by atoms with van der Waals surface area (Å²) in [7, 11) is 10.4. The second-order valence-corrected chi connectivity index (χ2v) is 6.43. The van der Waals surface area contributed by atoms with Crippen molar-refractivity contribution in [1.82, 2.24) is 20.0 Å². The number of benzene rings is 1. The predicted octanol–water partition coefficient (Wildman–Crippen LogP) is 2.19. The zero-order valence-electron chi connectivity index (χ0n) is 15.2. The maximum Gasteiger partial charge on any atom is 0.130 e. The van der Waals surface area contributed by atoms with E-state index in [1.54, 1.807) is 0 Å². The number of nitrogens with zero attached hydrogens (tertiary/aromatic N) is 4. The molecule has 2 rings (SSSR count). The van der Waals surface area contributed by atoms with Crippen LogP contribution in [0.25, 0.3) is 0 Å². The van der Waals surface area contributed by atoms with Gasteiger partial charge in [-0.3, -0.25) is 4.68 Å². The van der Waals surface area contributed by atoms with E-state index >= 15 is 0 Å². The van der Waals surface area contributed by atoms with Crippen LogP contribution in [0, 0.1) is 6.92 Å². The average molecular weight is 315 g/mol. The first-order valence-corrected chi connectivity index (χ1v) is 8.03. The van der Waals surface area contributed by atoms with Crippen LogP contribution in [0.15, 0.2) is 30.3 Å². The molecule has 0 saturated heterocycles. The summed E-state index contributed by atoms with van der Waals surface area (Å²) >= 11 is 0. The van der Waals surface area contributed by atoms with E-state index < -0.39 is 0 Å². The Labute approximate surface area is 139 Å². The number of nitrogens with one attached hydrogen (secondary N) is 1. The maximum absolute atomic E-state index is 4.55. The number of aryl methyl sites for hydroxylation is 2. The minimum Gasteiger partial charge on any atom is -0.363 e. The Morgan fingerprint density at radius 2 is 1.78 bits per heavy atom. The Bertz CT molecular complexity index is 616. The van der Waals surface area contributed by atoms with Crippen molar-refractivity contribution in [1.29, 1.82) is 0 Å². The molecule has 0 aliphatic heterocycles. The van der Waals surface area contributed by atoms with E-state index in [0.717, 1.165) is 24.6 Å². The predicted molar refractivity (Wildman–Crippen MR) is 96.8 cm³/mol. The zero-order valence-corrected chi connectivity index (χ0v) is 15.2. The molecule has 2 aromatic rings. The van der Waals surface area contributed by atoms with E-state index in [1.807, 2.05) is 11.7 Å². The first-order valence-electron chi connectivity index (χ1n) is 8.03. The zero-order chi connectivity index (χ0) is 17.0. The second kappa shape index (κ2) is 7.62. The van der Waals surface area contributed by atoms with Crippen molar-refractivity contribution < 1.29 is 0 Å². The van der Waals surface area contributed by atoms with Gasteiger partial charge in [-0.2, -0.15) is 5.10 Å². The van der Waals surface area contributed by atoms with Gasteiger partial charge in [0.15, 0.2) is 0 Å². The molecule has 1 heterocycles. The van der Waals surface area contributed by atoms with Crippen molar-refractivity contribution in [3.05, 3.63) is 47.2 Å². The standard InChI is InChI=1S/C18H29N5/c1-14-16(18(22(4)5)23(6)20-14)12-19-13-17(21(2)3)15-10-8-7-9-11-15/h7-11,17,19H,12-13H2,1-6H3. The van der Waals surface area contributed by atoms with Crippen molar-refractivity contribution in [3.8, 4) is 0 Å². The number of aromatic nitrogens is 2. The fourth-order valence-corrected chi connectivity index (χ4v) is 3.06. The highest BCUT2D eigenvalue weighted by molar-refractivity contribution is 5.48. The van der Waals surface area contributed by atoms with Gasteiger partial charge in [0.25, 0.3) is 0 Å². The molecule has 1 N–H and O–H groups in total. The summed E-state index contributed by atoms with van der Waals surface area (Å²) in [4.78, 5) is 4.38. The Kier molecular flexibility index (Phi) is 5.80. The van der Waals surface area contributed by atoms with Crippen LogP contribution >= 0.6 is 0 Å². The van der Waals surface area contributed by atoms with Gasteiger partial charge in [-0.05, 0) is 26.6 Å². The molecule has 126 valence electrons. The highest BCUT2D eigenvalue weighted by Gasteiger charge is 2.17. The van der Waals surface area contributed by atoms with Crippen LogP contribution in [0.1, 0.15) is 22.9 Å². The third-order valence-corrected chi connectivity index (χ3v) is 4.18. The molecule has 0 amide bonds. The van der Waals surface area contributed by atoms with Gasteiger partial charge in [-0.15, -0.1) is 0 Å². The van der Waals surface area contributed by atoms with Crippen LogP contribution in [0.4, 0.5) is 5.82 Å². The first kappa shape index (κ1) is 17.5. The second-order valence-electron chi connectivity index (χ2n) is 6.43. The van der Waals surface area contributed by atoms with Gasteiger partial charge in [0.05, 0.1) is 5.69 Å². The van der Waals surface area contributed by atoms with Crippen LogP contribution in [0.2, 0.25) is 0 Å². The van der Waals surface area contributed by atoms with Crippen LogP contribution < -0.4 is 10.2 Å². The van der Waals surface area contributed by atoms with Gasteiger partial charge in [0, 0.05) is 45.8 Å². The molecular weight excluding hydrogens is 286 g/mol. The Morgan fingerprint density at radius 1 is 1.13 bits per heavy atom. The molecule has 0 aliphatic rings. The highest BCUT2D eigenvalue weighted by Crippen LogP contribution is 2.22. The van der Waals surface area contributed by atoms with E-state index in [-0.39, 0.29) is 0 Å². The number of hydrogen-bond donors (Lipinski definition) is 1.